The minimum atomic E-state index is -0.589. The van der Waals surface area contributed by atoms with Crippen LogP contribution in [0.25, 0.3) is 0 Å². The summed E-state index contributed by atoms with van der Waals surface area (Å²) in [5, 5.41) is 12.3. The Hall–Kier alpha value is -0.220. The highest BCUT2D eigenvalue weighted by Crippen LogP contribution is 2.30. The van der Waals surface area contributed by atoms with Gasteiger partial charge >= 0.3 is 0 Å². The molecule has 1 rings (SSSR count). The number of aliphatic hydroxyl groups is 1. The second kappa shape index (κ2) is 4.14. The van der Waals surface area contributed by atoms with Crippen molar-refractivity contribution in [3.63, 3.8) is 0 Å². The molecule has 0 saturated heterocycles. The molecule has 2 N–H and O–H groups in total. The maximum Gasteiger partial charge on any atom is 0.230 e. The number of hydrogen-bond donors (Lipinski definition) is 2. The maximum absolute atomic E-state index is 11.0. The molecule has 4 heteroatoms. The van der Waals surface area contributed by atoms with Gasteiger partial charge in [-0.3, -0.25) is 4.79 Å². The van der Waals surface area contributed by atoms with Gasteiger partial charge < -0.3 is 10.4 Å². The summed E-state index contributed by atoms with van der Waals surface area (Å²) in [7, 11) is 0. The summed E-state index contributed by atoms with van der Waals surface area (Å²) in [6.07, 6.45) is 4.62. The third-order valence-electron chi connectivity index (χ3n) is 2.17. The van der Waals surface area contributed by atoms with E-state index in [9.17, 15) is 9.90 Å². The van der Waals surface area contributed by atoms with Crippen LogP contribution in [0.4, 0.5) is 0 Å². The van der Waals surface area contributed by atoms with Gasteiger partial charge in [-0.15, -0.1) is 0 Å². The normalized spacial score (nSPS) is 19.8. The molecule has 1 aliphatic rings. The highest BCUT2D eigenvalue weighted by molar-refractivity contribution is 7.99. The number of amides is 1. The third kappa shape index (κ3) is 2.68. The fraction of sp³-hybridized carbons (Fsp3) is 0.875. The smallest absolute Gasteiger partial charge is 0.230 e. The van der Waals surface area contributed by atoms with E-state index in [-0.39, 0.29) is 5.91 Å². The minimum Gasteiger partial charge on any atom is -0.388 e. The molecular weight excluding hydrogens is 174 g/mol. The van der Waals surface area contributed by atoms with Gasteiger partial charge in [0.2, 0.25) is 5.91 Å². The zero-order valence-corrected chi connectivity index (χ0v) is 8.12. The third-order valence-corrected chi connectivity index (χ3v) is 2.73. The maximum atomic E-state index is 11.0. The van der Waals surface area contributed by atoms with Crippen LogP contribution in [-0.2, 0) is 4.79 Å². The van der Waals surface area contributed by atoms with Crippen molar-refractivity contribution in [2.24, 2.45) is 0 Å². The minimum absolute atomic E-state index is 0.0165. The fourth-order valence-electron chi connectivity index (χ4n) is 1.21. The summed E-state index contributed by atoms with van der Waals surface area (Å²) in [5.41, 5.74) is -0.589. The van der Waals surface area contributed by atoms with E-state index in [1.54, 1.807) is 0 Å². The summed E-state index contributed by atoms with van der Waals surface area (Å²) in [6, 6.07) is 0. The molecule has 1 aliphatic carbocycles. The SMILES string of the molecule is CSCC(=O)NCC1(O)CCC1. The molecule has 0 aliphatic heterocycles. The number of nitrogens with one attached hydrogen (secondary N) is 1. The molecule has 3 nitrogen and oxygen atoms in total. The molecule has 0 unspecified atom stereocenters. The molecule has 0 radical (unpaired) electrons. The van der Waals surface area contributed by atoms with Gasteiger partial charge in [0.25, 0.3) is 0 Å². The van der Waals surface area contributed by atoms with Crippen molar-refractivity contribution in [1.29, 1.82) is 0 Å². The Kier molecular flexibility index (Phi) is 3.40. The Morgan fingerprint density at radius 2 is 2.33 bits per heavy atom. The van der Waals surface area contributed by atoms with E-state index in [0.29, 0.717) is 12.3 Å². The zero-order valence-electron chi connectivity index (χ0n) is 7.30. The van der Waals surface area contributed by atoms with E-state index in [2.05, 4.69) is 5.32 Å². The van der Waals surface area contributed by atoms with Gasteiger partial charge in [-0.25, -0.2) is 0 Å². The van der Waals surface area contributed by atoms with E-state index in [4.69, 9.17) is 0 Å². The lowest BCUT2D eigenvalue weighted by atomic mass is 9.80. The Morgan fingerprint density at radius 3 is 2.75 bits per heavy atom. The van der Waals surface area contributed by atoms with E-state index < -0.39 is 5.60 Å². The van der Waals surface area contributed by atoms with Crippen LogP contribution >= 0.6 is 11.8 Å². The summed E-state index contributed by atoms with van der Waals surface area (Å²) >= 11 is 1.49. The first-order valence-corrected chi connectivity index (χ1v) is 5.54. The van der Waals surface area contributed by atoms with E-state index in [1.807, 2.05) is 6.26 Å². The lowest BCUT2D eigenvalue weighted by Crippen LogP contribution is -2.48. The summed E-state index contributed by atoms with van der Waals surface area (Å²) in [6.45, 7) is 0.423. The molecule has 0 aromatic carbocycles. The molecule has 0 bridgehead atoms. The second-order valence-electron chi connectivity index (χ2n) is 3.29. The van der Waals surface area contributed by atoms with Gasteiger partial charge in [0, 0.05) is 6.54 Å². The fourth-order valence-corrected chi connectivity index (χ4v) is 1.57. The molecule has 70 valence electrons. The molecule has 0 aromatic rings. The molecule has 0 atom stereocenters. The predicted molar refractivity (Wildman–Crippen MR) is 50.2 cm³/mol. The van der Waals surface area contributed by atoms with Crippen LogP contribution in [0.2, 0.25) is 0 Å². The van der Waals surface area contributed by atoms with Crippen molar-refractivity contribution in [2.75, 3.05) is 18.6 Å². The Bertz CT molecular complexity index is 168. The number of hydrogen-bond acceptors (Lipinski definition) is 3. The topological polar surface area (TPSA) is 49.3 Å². The van der Waals surface area contributed by atoms with Crippen LogP contribution in [0.3, 0.4) is 0 Å². The molecule has 1 amide bonds. The van der Waals surface area contributed by atoms with Crippen molar-refractivity contribution >= 4 is 17.7 Å². The molecular formula is C8H15NO2S. The number of carbonyl (C=O) groups excluding carboxylic acids is 1. The second-order valence-corrected chi connectivity index (χ2v) is 4.15. The summed E-state index contributed by atoms with van der Waals surface area (Å²) < 4.78 is 0. The summed E-state index contributed by atoms with van der Waals surface area (Å²) in [4.78, 5) is 11.0. The van der Waals surface area contributed by atoms with E-state index in [1.165, 1.54) is 11.8 Å². The lowest BCUT2D eigenvalue weighted by molar-refractivity contribution is -0.121. The summed E-state index contributed by atoms with van der Waals surface area (Å²) in [5.74, 6) is 0.499. The molecule has 0 heterocycles. The van der Waals surface area contributed by atoms with Crippen molar-refractivity contribution < 1.29 is 9.90 Å². The monoisotopic (exact) mass is 189 g/mol. The van der Waals surface area contributed by atoms with Crippen molar-refractivity contribution in [3.8, 4) is 0 Å². The lowest BCUT2D eigenvalue weighted by Gasteiger charge is -2.36. The molecule has 12 heavy (non-hydrogen) atoms. The number of thioether (sulfide) groups is 1. The van der Waals surface area contributed by atoms with Gasteiger partial charge in [-0.05, 0) is 25.5 Å². The number of carbonyl (C=O) groups is 1. The highest BCUT2D eigenvalue weighted by atomic mass is 32.2. The van der Waals surface area contributed by atoms with Crippen molar-refractivity contribution in [3.05, 3.63) is 0 Å². The van der Waals surface area contributed by atoms with Crippen LogP contribution in [0, 0.1) is 0 Å². The Morgan fingerprint density at radius 1 is 1.67 bits per heavy atom. The van der Waals surface area contributed by atoms with Gasteiger partial charge in [0.15, 0.2) is 0 Å². The first-order valence-electron chi connectivity index (χ1n) is 4.14. The first-order chi connectivity index (χ1) is 5.66. The molecule has 1 fully saturated rings. The quantitative estimate of drug-likeness (QED) is 0.672. The van der Waals surface area contributed by atoms with Crippen LogP contribution in [0.1, 0.15) is 19.3 Å². The Labute approximate surface area is 76.9 Å². The van der Waals surface area contributed by atoms with E-state index >= 15 is 0 Å². The van der Waals surface area contributed by atoms with Crippen LogP contribution in [0.5, 0.6) is 0 Å². The van der Waals surface area contributed by atoms with Crippen LogP contribution in [0.15, 0.2) is 0 Å². The van der Waals surface area contributed by atoms with Crippen LogP contribution < -0.4 is 5.32 Å². The van der Waals surface area contributed by atoms with Crippen molar-refractivity contribution in [1.82, 2.24) is 5.32 Å². The largest absolute Gasteiger partial charge is 0.388 e. The van der Waals surface area contributed by atoms with E-state index in [0.717, 1.165) is 19.3 Å². The highest BCUT2D eigenvalue weighted by Gasteiger charge is 2.34. The zero-order chi connectivity index (χ0) is 9.03. The van der Waals surface area contributed by atoms with Gasteiger partial charge in [0.05, 0.1) is 11.4 Å². The first kappa shape index (κ1) is 9.86. The van der Waals surface area contributed by atoms with Gasteiger partial charge in [-0.2, -0.15) is 11.8 Å². The standard InChI is InChI=1S/C8H15NO2S/c1-12-5-7(10)9-6-8(11)3-2-4-8/h11H,2-6H2,1H3,(H,9,10). The molecule has 0 aromatic heterocycles. The van der Waals surface area contributed by atoms with Gasteiger partial charge in [-0.1, -0.05) is 0 Å². The molecule has 1 saturated carbocycles. The van der Waals surface area contributed by atoms with Crippen LogP contribution in [-0.4, -0.2) is 35.2 Å². The number of rotatable bonds is 4. The van der Waals surface area contributed by atoms with Gasteiger partial charge in [0.1, 0.15) is 0 Å². The average Bonchev–Trinajstić information content (AvgIpc) is 1.98. The average molecular weight is 189 g/mol. The molecule has 0 spiro atoms. The predicted octanol–water partition coefficient (Wildman–Crippen LogP) is 0.381. The van der Waals surface area contributed by atoms with Crippen molar-refractivity contribution in [2.45, 2.75) is 24.9 Å². The Balaban J connectivity index is 2.12.